The Bertz CT molecular complexity index is 1200. The molecule has 158 valence electrons. The number of hydrogen-bond acceptors (Lipinski definition) is 5. The van der Waals surface area contributed by atoms with Gasteiger partial charge < -0.3 is 14.6 Å². The van der Waals surface area contributed by atoms with Gasteiger partial charge in [0.1, 0.15) is 5.52 Å². The number of rotatable bonds is 4. The Morgan fingerprint density at radius 2 is 1.81 bits per heavy atom. The summed E-state index contributed by atoms with van der Waals surface area (Å²) >= 11 is 0. The first-order valence-electron chi connectivity index (χ1n) is 10.6. The lowest BCUT2D eigenvalue weighted by Crippen LogP contribution is -2.38. The maximum absolute atomic E-state index is 13.0. The fourth-order valence-electron chi connectivity index (χ4n) is 4.20. The van der Waals surface area contributed by atoms with Crippen molar-refractivity contribution in [1.82, 2.24) is 14.8 Å². The van der Waals surface area contributed by atoms with Gasteiger partial charge >= 0.3 is 0 Å². The summed E-state index contributed by atoms with van der Waals surface area (Å²) in [4.78, 5) is 19.7. The molecule has 2 aromatic heterocycles. The summed E-state index contributed by atoms with van der Waals surface area (Å²) in [5.41, 5.74) is 5.29. The van der Waals surface area contributed by atoms with E-state index in [0.717, 1.165) is 59.8 Å². The van der Waals surface area contributed by atoms with E-state index < -0.39 is 0 Å². The van der Waals surface area contributed by atoms with Crippen LogP contribution < -0.4 is 10.2 Å². The van der Waals surface area contributed by atoms with E-state index in [-0.39, 0.29) is 11.8 Å². The first kappa shape index (κ1) is 19.4. The number of hydrogen-bond donors (Lipinski definition) is 1. The molecule has 1 aliphatic rings. The molecule has 0 saturated carbocycles. The number of nitrogens with zero attached hydrogens (tertiary/aromatic N) is 4. The second-order valence-electron chi connectivity index (χ2n) is 8.07. The molecule has 4 aromatic rings. The number of nitrogens with one attached hydrogen (secondary N) is 1. The fourth-order valence-corrected chi connectivity index (χ4v) is 4.20. The monoisotopic (exact) mass is 415 g/mol. The molecular weight excluding hydrogens is 390 g/mol. The van der Waals surface area contributed by atoms with Gasteiger partial charge in [-0.05, 0) is 57.0 Å². The fraction of sp³-hybridized carbons (Fsp3) is 0.292. The predicted molar refractivity (Wildman–Crippen MR) is 121 cm³/mol. The number of oxazole rings is 1. The van der Waals surface area contributed by atoms with Crippen molar-refractivity contribution in [2.75, 3.05) is 23.3 Å². The van der Waals surface area contributed by atoms with E-state index in [2.05, 4.69) is 20.3 Å². The number of carbonyl (C=O) groups excluding carboxylic acids is 1. The highest BCUT2D eigenvalue weighted by Gasteiger charge is 2.27. The molecule has 1 saturated heterocycles. The number of piperidine rings is 1. The van der Waals surface area contributed by atoms with Gasteiger partial charge in [0.15, 0.2) is 5.58 Å². The molecule has 1 fully saturated rings. The number of aromatic nitrogens is 3. The van der Waals surface area contributed by atoms with E-state index in [4.69, 9.17) is 4.42 Å². The van der Waals surface area contributed by atoms with Crippen LogP contribution in [0, 0.1) is 19.8 Å². The summed E-state index contributed by atoms with van der Waals surface area (Å²) < 4.78 is 7.76. The predicted octanol–water partition coefficient (Wildman–Crippen LogP) is 4.49. The molecule has 5 rings (SSSR count). The maximum Gasteiger partial charge on any atom is 0.298 e. The number of fused-ring (bicyclic) bond motifs is 1. The molecule has 0 atom stereocenters. The summed E-state index contributed by atoms with van der Waals surface area (Å²) in [6.07, 6.45) is 1.51. The summed E-state index contributed by atoms with van der Waals surface area (Å²) in [6.45, 7) is 5.46. The van der Waals surface area contributed by atoms with Crippen LogP contribution in [-0.2, 0) is 4.79 Å². The zero-order valence-corrected chi connectivity index (χ0v) is 17.7. The number of anilines is 2. The Balaban J connectivity index is 1.27. The molecule has 3 heterocycles. The van der Waals surface area contributed by atoms with Crippen molar-refractivity contribution >= 4 is 28.7 Å². The Labute approximate surface area is 180 Å². The standard InChI is InChI=1S/C24H25N5O2/c1-16-15-17(2)29(27-16)21-9-5-3-7-19(21)25-23(30)18-11-13-28(14-12-18)24-26-20-8-4-6-10-22(20)31-24/h3-10,15,18H,11-14H2,1-2H3,(H,25,30). The van der Waals surface area contributed by atoms with Crippen molar-refractivity contribution in [3.63, 3.8) is 0 Å². The zero-order chi connectivity index (χ0) is 21.4. The zero-order valence-electron chi connectivity index (χ0n) is 17.7. The number of aryl methyl sites for hydroxylation is 2. The largest absolute Gasteiger partial charge is 0.423 e. The number of amides is 1. The van der Waals surface area contributed by atoms with E-state index in [0.29, 0.717) is 6.01 Å². The van der Waals surface area contributed by atoms with Gasteiger partial charge in [0.05, 0.1) is 17.1 Å². The van der Waals surface area contributed by atoms with Gasteiger partial charge in [0, 0.05) is 24.7 Å². The van der Waals surface area contributed by atoms with Crippen molar-refractivity contribution in [2.45, 2.75) is 26.7 Å². The van der Waals surface area contributed by atoms with Crippen LogP contribution in [-0.4, -0.2) is 33.8 Å². The SMILES string of the molecule is Cc1cc(C)n(-c2ccccc2NC(=O)C2CCN(c3nc4ccccc4o3)CC2)n1. The third-order valence-corrected chi connectivity index (χ3v) is 5.82. The van der Waals surface area contributed by atoms with Crippen molar-refractivity contribution in [2.24, 2.45) is 5.92 Å². The highest BCUT2D eigenvalue weighted by molar-refractivity contribution is 5.94. The van der Waals surface area contributed by atoms with Crippen molar-refractivity contribution < 1.29 is 9.21 Å². The topological polar surface area (TPSA) is 76.2 Å². The Hall–Kier alpha value is -3.61. The first-order valence-corrected chi connectivity index (χ1v) is 10.6. The minimum absolute atomic E-state index is 0.0471. The van der Waals surface area contributed by atoms with Crippen molar-refractivity contribution in [1.29, 1.82) is 0 Å². The van der Waals surface area contributed by atoms with Crippen LogP contribution in [0.1, 0.15) is 24.2 Å². The Morgan fingerprint density at radius 1 is 1.06 bits per heavy atom. The molecule has 1 aliphatic heterocycles. The Kier molecular flexibility index (Phi) is 4.94. The summed E-state index contributed by atoms with van der Waals surface area (Å²) in [7, 11) is 0. The molecule has 7 heteroatoms. The average molecular weight is 415 g/mol. The lowest BCUT2D eigenvalue weighted by Gasteiger charge is -2.30. The minimum atomic E-state index is -0.0471. The van der Waals surface area contributed by atoms with Gasteiger partial charge in [0.25, 0.3) is 6.01 Å². The molecule has 0 radical (unpaired) electrons. The molecule has 0 bridgehead atoms. The number of benzene rings is 2. The highest BCUT2D eigenvalue weighted by atomic mass is 16.4. The number of para-hydroxylation sites is 4. The van der Waals surface area contributed by atoms with Crippen LogP contribution in [0.25, 0.3) is 16.8 Å². The first-order chi connectivity index (χ1) is 15.1. The van der Waals surface area contributed by atoms with Crippen LogP contribution in [0.2, 0.25) is 0 Å². The van der Waals surface area contributed by atoms with Gasteiger partial charge in [0.2, 0.25) is 5.91 Å². The molecule has 0 aliphatic carbocycles. The summed E-state index contributed by atoms with van der Waals surface area (Å²) in [6, 6.07) is 18.2. The summed E-state index contributed by atoms with van der Waals surface area (Å²) in [5, 5.41) is 7.70. The van der Waals surface area contributed by atoms with Gasteiger partial charge in [-0.15, -0.1) is 0 Å². The number of carbonyl (C=O) groups is 1. The minimum Gasteiger partial charge on any atom is -0.423 e. The smallest absolute Gasteiger partial charge is 0.298 e. The second kappa shape index (κ2) is 7.91. The molecular formula is C24H25N5O2. The third kappa shape index (κ3) is 3.79. The van der Waals surface area contributed by atoms with Gasteiger partial charge in [-0.25, -0.2) is 4.68 Å². The summed E-state index contributed by atoms with van der Waals surface area (Å²) in [5.74, 6) is 0.000310. The van der Waals surface area contributed by atoms with Crippen LogP contribution in [0.4, 0.5) is 11.7 Å². The third-order valence-electron chi connectivity index (χ3n) is 5.82. The van der Waals surface area contributed by atoms with Crippen molar-refractivity contribution in [3.05, 3.63) is 66.0 Å². The molecule has 2 aromatic carbocycles. The quantitative estimate of drug-likeness (QED) is 0.532. The van der Waals surface area contributed by atoms with Crippen LogP contribution in [0.3, 0.4) is 0 Å². The lowest BCUT2D eigenvalue weighted by molar-refractivity contribution is -0.120. The van der Waals surface area contributed by atoms with Gasteiger partial charge in [-0.3, -0.25) is 4.79 Å². The maximum atomic E-state index is 13.0. The van der Waals surface area contributed by atoms with Crippen molar-refractivity contribution in [3.8, 4) is 5.69 Å². The van der Waals surface area contributed by atoms with Gasteiger partial charge in [-0.1, -0.05) is 24.3 Å². The average Bonchev–Trinajstić information content (AvgIpc) is 3.36. The second-order valence-corrected chi connectivity index (χ2v) is 8.07. The molecule has 0 spiro atoms. The molecule has 0 unspecified atom stereocenters. The van der Waals surface area contributed by atoms with E-state index in [1.807, 2.05) is 73.1 Å². The highest BCUT2D eigenvalue weighted by Crippen LogP contribution is 2.28. The normalized spacial score (nSPS) is 14.8. The van der Waals surface area contributed by atoms with Crippen LogP contribution in [0.5, 0.6) is 0 Å². The molecule has 1 N–H and O–H groups in total. The molecule has 7 nitrogen and oxygen atoms in total. The molecule has 31 heavy (non-hydrogen) atoms. The van der Waals surface area contributed by atoms with Gasteiger partial charge in [-0.2, -0.15) is 10.1 Å². The molecule has 1 amide bonds. The van der Waals surface area contributed by atoms with E-state index >= 15 is 0 Å². The Morgan fingerprint density at radius 3 is 2.55 bits per heavy atom. The van der Waals surface area contributed by atoms with E-state index in [1.165, 1.54) is 0 Å². The van der Waals surface area contributed by atoms with Crippen LogP contribution >= 0.6 is 0 Å². The van der Waals surface area contributed by atoms with Crippen LogP contribution in [0.15, 0.2) is 59.0 Å². The van der Waals surface area contributed by atoms with E-state index in [1.54, 1.807) is 0 Å². The van der Waals surface area contributed by atoms with E-state index in [9.17, 15) is 4.79 Å². The lowest BCUT2D eigenvalue weighted by atomic mass is 9.96.